The minimum absolute atomic E-state index is 0.0317. The number of unbranched alkanes of at least 4 members (excludes halogenated alkanes) is 1. The van der Waals surface area contributed by atoms with Crippen molar-refractivity contribution in [2.45, 2.75) is 88.5 Å². The summed E-state index contributed by atoms with van der Waals surface area (Å²) in [4.78, 5) is 44.3. The largest absolute Gasteiger partial charge is 0.466 e. The van der Waals surface area contributed by atoms with Crippen molar-refractivity contribution in [3.8, 4) is 0 Å². The summed E-state index contributed by atoms with van der Waals surface area (Å²) >= 11 is 0. The third-order valence-corrected chi connectivity index (χ3v) is 8.02. The highest BCUT2D eigenvalue weighted by molar-refractivity contribution is 5.98. The third-order valence-electron chi connectivity index (χ3n) is 8.02. The van der Waals surface area contributed by atoms with E-state index in [0.717, 1.165) is 25.7 Å². The van der Waals surface area contributed by atoms with Crippen molar-refractivity contribution in [3.63, 3.8) is 0 Å². The molecule has 3 heterocycles. The Labute approximate surface area is 196 Å². The zero-order valence-electron chi connectivity index (χ0n) is 19.7. The summed E-state index contributed by atoms with van der Waals surface area (Å²) in [6, 6.07) is -0.617. The molecule has 33 heavy (non-hydrogen) atoms. The molecule has 2 amide bonds. The molecule has 0 aromatic carbocycles. The maximum Gasteiger partial charge on any atom is 0.312 e. The molecule has 4 aliphatic rings. The Morgan fingerprint density at radius 1 is 1.27 bits per heavy atom. The molecule has 0 radical (unpaired) electrons. The van der Waals surface area contributed by atoms with Crippen molar-refractivity contribution in [2.24, 2.45) is 11.8 Å². The molecule has 2 bridgehead atoms. The molecular weight excluding hydrogens is 424 g/mol. The van der Waals surface area contributed by atoms with Crippen LogP contribution in [0.25, 0.3) is 0 Å². The number of nitrogens with zero attached hydrogens (tertiary/aromatic N) is 2. The average Bonchev–Trinajstić information content (AvgIpc) is 3.46. The number of ether oxygens (including phenoxy) is 2. The van der Waals surface area contributed by atoms with Crippen molar-refractivity contribution in [3.05, 3.63) is 12.7 Å². The predicted molar refractivity (Wildman–Crippen MR) is 121 cm³/mol. The molecule has 5 atom stereocenters. The van der Waals surface area contributed by atoms with Crippen LogP contribution >= 0.6 is 0 Å². The number of hydrogen-bond donors (Lipinski definition) is 1. The highest BCUT2D eigenvalue weighted by Gasteiger charge is 2.75. The molecule has 1 saturated carbocycles. The van der Waals surface area contributed by atoms with Crippen LogP contribution in [0.1, 0.15) is 64.7 Å². The fourth-order valence-corrected chi connectivity index (χ4v) is 6.68. The summed E-state index contributed by atoms with van der Waals surface area (Å²) < 4.78 is 11.7. The van der Waals surface area contributed by atoms with E-state index in [-0.39, 0.29) is 37.2 Å². The van der Waals surface area contributed by atoms with E-state index in [0.29, 0.717) is 38.8 Å². The summed E-state index contributed by atoms with van der Waals surface area (Å²) in [7, 11) is 0. The van der Waals surface area contributed by atoms with Gasteiger partial charge in [0.05, 0.1) is 24.5 Å². The van der Waals surface area contributed by atoms with Crippen LogP contribution in [0.2, 0.25) is 0 Å². The minimum atomic E-state index is -0.983. The SMILES string of the molecule is C=CCN(C(=O)[C@H]1N(CCCCO)C(=O)[C@@H]2[C@@H](C(=O)OCC)[C@H]3CC[C@]21O3)C1CCCCC1. The van der Waals surface area contributed by atoms with Gasteiger partial charge in [0.25, 0.3) is 0 Å². The van der Waals surface area contributed by atoms with Crippen molar-refractivity contribution in [1.82, 2.24) is 9.80 Å². The summed E-state index contributed by atoms with van der Waals surface area (Å²) in [5.74, 6) is -2.02. The van der Waals surface area contributed by atoms with Gasteiger partial charge in [0, 0.05) is 25.7 Å². The first-order valence-electron chi connectivity index (χ1n) is 12.7. The maximum absolute atomic E-state index is 14.2. The Morgan fingerprint density at radius 2 is 2.03 bits per heavy atom. The van der Waals surface area contributed by atoms with Crippen LogP contribution < -0.4 is 0 Å². The number of carbonyl (C=O) groups excluding carboxylic acids is 3. The van der Waals surface area contributed by atoms with Crippen LogP contribution in [-0.4, -0.2) is 82.8 Å². The Hall–Kier alpha value is -1.93. The number of carbonyl (C=O) groups is 3. The van der Waals surface area contributed by atoms with Gasteiger partial charge in [0.1, 0.15) is 11.6 Å². The zero-order valence-corrected chi connectivity index (χ0v) is 19.7. The highest BCUT2D eigenvalue weighted by atomic mass is 16.6. The molecule has 0 aromatic rings. The van der Waals surface area contributed by atoms with Gasteiger partial charge in [-0.3, -0.25) is 14.4 Å². The highest BCUT2D eigenvalue weighted by Crippen LogP contribution is 2.59. The quantitative estimate of drug-likeness (QED) is 0.303. The van der Waals surface area contributed by atoms with Gasteiger partial charge in [0.2, 0.25) is 11.8 Å². The minimum Gasteiger partial charge on any atom is -0.466 e. The fraction of sp³-hybridized carbons (Fsp3) is 0.800. The van der Waals surface area contributed by atoms with Gasteiger partial charge in [0.15, 0.2) is 0 Å². The lowest BCUT2D eigenvalue weighted by Gasteiger charge is -2.40. The Morgan fingerprint density at radius 3 is 2.70 bits per heavy atom. The molecule has 3 aliphatic heterocycles. The molecule has 8 nitrogen and oxygen atoms in total. The van der Waals surface area contributed by atoms with E-state index in [1.165, 1.54) is 6.42 Å². The smallest absolute Gasteiger partial charge is 0.312 e. The van der Waals surface area contributed by atoms with Crippen LogP contribution in [0.3, 0.4) is 0 Å². The Balaban J connectivity index is 1.68. The van der Waals surface area contributed by atoms with Crippen LogP contribution in [0.4, 0.5) is 0 Å². The first-order chi connectivity index (χ1) is 16.0. The Kier molecular flexibility index (Phi) is 7.43. The maximum atomic E-state index is 14.2. The molecule has 1 N–H and O–H groups in total. The lowest BCUT2D eigenvalue weighted by atomic mass is 9.70. The first kappa shape index (κ1) is 24.2. The van der Waals surface area contributed by atoms with Crippen molar-refractivity contribution in [2.75, 3.05) is 26.3 Å². The first-order valence-corrected chi connectivity index (χ1v) is 12.7. The molecular formula is C25H38N2O6. The second kappa shape index (κ2) is 10.1. The van der Waals surface area contributed by atoms with Crippen LogP contribution in [-0.2, 0) is 23.9 Å². The van der Waals surface area contributed by atoms with E-state index < -0.39 is 29.4 Å². The van der Waals surface area contributed by atoms with Crippen LogP contribution in [0.5, 0.6) is 0 Å². The average molecular weight is 463 g/mol. The van der Waals surface area contributed by atoms with E-state index in [1.54, 1.807) is 17.9 Å². The number of rotatable bonds is 10. The third kappa shape index (κ3) is 4.09. The summed E-state index contributed by atoms with van der Waals surface area (Å²) in [5.41, 5.74) is -0.983. The van der Waals surface area contributed by atoms with Crippen LogP contribution in [0.15, 0.2) is 12.7 Å². The van der Waals surface area contributed by atoms with E-state index in [2.05, 4.69) is 6.58 Å². The molecule has 0 aromatic heterocycles. The lowest BCUT2D eigenvalue weighted by molar-refractivity contribution is -0.155. The topological polar surface area (TPSA) is 96.4 Å². The van der Waals surface area contributed by atoms with Crippen molar-refractivity contribution >= 4 is 17.8 Å². The number of hydrogen-bond acceptors (Lipinski definition) is 6. The van der Waals surface area contributed by atoms with Gasteiger partial charge in [-0.2, -0.15) is 0 Å². The van der Waals surface area contributed by atoms with Gasteiger partial charge in [-0.1, -0.05) is 25.3 Å². The van der Waals surface area contributed by atoms with Crippen LogP contribution in [0, 0.1) is 11.8 Å². The van der Waals surface area contributed by atoms with Gasteiger partial charge < -0.3 is 24.4 Å². The second-order valence-electron chi connectivity index (χ2n) is 9.84. The number of aliphatic hydroxyl groups is 1. The molecule has 4 fully saturated rings. The molecule has 4 rings (SSSR count). The molecule has 0 unspecified atom stereocenters. The zero-order chi connectivity index (χ0) is 23.6. The van der Waals surface area contributed by atoms with E-state index in [4.69, 9.17) is 9.47 Å². The van der Waals surface area contributed by atoms with Gasteiger partial charge >= 0.3 is 5.97 Å². The summed E-state index contributed by atoms with van der Waals surface area (Å²) in [5, 5.41) is 9.27. The fourth-order valence-electron chi connectivity index (χ4n) is 6.68. The monoisotopic (exact) mass is 462 g/mol. The van der Waals surface area contributed by atoms with Gasteiger partial charge in [-0.15, -0.1) is 6.58 Å². The number of fused-ring (bicyclic) bond motifs is 1. The second-order valence-corrected chi connectivity index (χ2v) is 9.84. The van der Waals surface area contributed by atoms with Gasteiger partial charge in [-0.25, -0.2) is 0 Å². The molecule has 1 spiro atoms. The normalized spacial score (nSPS) is 33.3. The molecule has 1 aliphatic carbocycles. The Bertz CT molecular complexity index is 766. The van der Waals surface area contributed by atoms with Crippen molar-refractivity contribution in [1.29, 1.82) is 0 Å². The summed E-state index contributed by atoms with van der Waals surface area (Å²) in [6.45, 7) is 6.70. The standard InChI is InChI=1S/C25H38N2O6/c1-3-14-26(17-10-6-5-7-11-17)23(30)21-25-13-12-18(33-25)19(24(31)32-4-2)20(25)22(29)27(21)15-8-9-16-28/h3,17-21,28H,1,4-16H2,2H3/t18-,19+,20+,21-,25+/m1/s1. The molecule has 3 saturated heterocycles. The van der Waals surface area contributed by atoms with E-state index >= 15 is 0 Å². The molecule has 184 valence electrons. The number of esters is 1. The number of likely N-dealkylation sites (tertiary alicyclic amines) is 1. The van der Waals surface area contributed by atoms with E-state index in [1.807, 2.05) is 4.90 Å². The van der Waals surface area contributed by atoms with Crippen molar-refractivity contribution < 1.29 is 29.0 Å². The number of amides is 2. The van der Waals surface area contributed by atoms with E-state index in [9.17, 15) is 19.5 Å². The number of aliphatic hydroxyl groups excluding tert-OH is 1. The predicted octanol–water partition coefficient (Wildman–Crippen LogP) is 2.04. The van der Waals surface area contributed by atoms with Gasteiger partial charge in [-0.05, 0) is 45.4 Å². The molecule has 8 heteroatoms. The lowest BCUT2D eigenvalue weighted by Crippen LogP contribution is -2.58. The summed E-state index contributed by atoms with van der Waals surface area (Å²) in [6.07, 6.45) is 9.01.